The minimum absolute atomic E-state index is 0.140. The maximum atomic E-state index is 12.3. The van der Waals surface area contributed by atoms with Crippen LogP contribution < -0.4 is 5.32 Å². The zero-order chi connectivity index (χ0) is 15.6. The molecule has 0 aromatic heterocycles. The van der Waals surface area contributed by atoms with Gasteiger partial charge >= 0.3 is 12.0 Å². The molecule has 0 bridgehead atoms. The van der Waals surface area contributed by atoms with Gasteiger partial charge in [0.1, 0.15) is 0 Å². The van der Waals surface area contributed by atoms with Crippen LogP contribution in [0.15, 0.2) is 22.7 Å². The quantitative estimate of drug-likeness (QED) is 0.853. The van der Waals surface area contributed by atoms with E-state index < -0.39 is 5.97 Å². The Kier molecular flexibility index (Phi) is 4.84. The molecule has 0 saturated carbocycles. The van der Waals surface area contributed by atoms with Gasteiger partial charge in [-0.05, 0) is 48.1 Å². The van der Waals surface area contributed by atoms with Gasteiger partial charge in [0, 0.05) is 30.1 Å². The number of carboxylic acids is 1. The van der Waals surface area contributed by atoms with E-state index in [1.165, 1.54) is 12.1 Å². The summed E-state index contributed by atoms with van der Waals surface area (Å²) in [4.78, 5) is 27.2. The second-order valence-corrected chi connectivity index (χ2v) is 6.09. The third-order valence-corrected chi connectivity index (χ3v) is 4.21. The first kappa shape index (κ1) is 15.8. The lowest BCUT2D eigenvalue weighted by atomic mass is 10.2. The molecule has 2 amide bonds. The molecule has 7 heteroatoms. The number of nitrogens with zero attached hydrogens (tertiary/aromatic N) is 2. The number of anilines is 1. The van der Waals surface area contributed by atoms with Gasteiger partial charge in [-0.2, -0.15) is 0 Å². The van der Waals surface area contributed by atoms with Gasteiger partial charge in [0.15, 0.2) is 0 Å². The van der Waals surface area contributed by atoms with Crippen molar-refractivity contribution in [2.24, 2.45) is 0 Å². The smallest absolute Gasteiger partial charge is 0.335 e. The number of rotatable bonds is 2. The van der Waals surface area contributed by atoms with E-state index in [1.807, 2.05) is 14.0 Å². The fourth-order valence-corrected chi connectivity index (χ4v) is 2.86. The van der Waals surface area contributed by atoms with Gasteiger partial charge in [-0.1, -0.05) is 0 Å². The number of hydrogen-bond acceptors (Lipinski definition) is 3. The number of carbonyl (C=O) groups is 2. The van der Waals surface area contributed by atoms with Crippen LogP contribution in [-0.2, 0) is 0 Å². The molecule has 0 radical (unpaired) electrons. The van der Waals surface area contributed by atoms with E-state index in [0.29, 0.717) is 16.7 Å². The molecule has 1 saturated heterocycles. The molecule has 2 rings (SSSR count). The summed E-state index contributed by atoms with van der Waals surface area (Å²) >= 11 is 3.29. The highest BCUT2D eigenvalue weighted by Crippen LogP contribution is 2.24. The molecule has 6 nitrogen and oxygen atoms in total. The van der Waals surface area contributed by atoms with Crippen molar-refractivity contribution in [2.75, 3.05) is 32.0 Å². The van der Waals surface area contributed by atoms with Gasteiger partial charge in [0.05, 0.1) is 11.3 Å². The number of piperazine rings is 1. The van der Waals surface area contributed by atoms with E-state index in [0.717, 1.165) is 13.1 Å². The molecule has 1 aliphatic heterocycles. The number of halogens is 1. The monoisotopic (exact) mass is 355 g/mol. The van der Waals surface area contributed by atoms with Crippen LogP contribution in [0.4, 0.5) is 10.5 Å². The summed E-state index contributed by atoms with van der Waals surface area (Å²) in [6.45, 7) is 4.37. The Labute approximate surface area is 131 Å². The van der Waals surface area contributed by atoms with Gasteiger partial charge in [-0.15, -0.1) is 0 Å². The van der Waals surface area contributed by atoms with Crippen LogP contribution in [0.3, 0.4) is 0 Å². The first-order chi connectivity index (χ1) is 9.88. The lowest BCUT2D eigenvalue weighted by Gasteiger charge is -2.38. The van der Waals surface area contributed by atoms with Crippen molar-refractivity contribution in [1.29, 1.82) is 0 Å². The summed E-state index contributed by atoms with van der Waals surface area (Å²) in [7, 11) is 2.03. The molecule has 1 atom stereocenters. The maximum Gasteiger partial charge on any atom is 0.335 e. The van der Waals surface area contributed by atoms with Crippen molar-refractivity contribution in [2.45, 2.75) is 13.0 Å². The maximum absolute atomic E-state index is 12.3. The van der Waals surface area contributed by atoms with E-state index in [2.05, 4.69) is 26.1 Å². The number of hydrogen-bond donors (Lipinski definition) is 2. The van der Waals surface area contributed by atoms with Gasteiger partial charge < -0.3 is 20.2 Å². The average molecular weight is 356 g/mol. The van der Waals surface area contributed by atoms with E-state index in [4.69, 9.17) is 5.11 Å². The predicted octanol–water partition coefficient (Wildman–Crippen LogP) is 2.32. The van der Waals surface area contributed by atoms with Gasteiger partial charge in [0.2, 0.25) is 0 Å². The van der Waals surface area contributed by atoms with Crippen LogP contribution in [0.5, 0.6) is 0 Å². The van der Waals surface area contributed by atoms with Gasteiger partial charge in [0.25, 0.3) is 0 Å². The van der Waals surface area contributed by atoms with Crippen molar-refractivity contribution < 1.29 is 14.7 Å². The number of carboxylic acid groups (broad SMARTS) is 1. The topological polar surface area (TPSA) is 72.9 Å². The van der Waals surface area contributed by atoms with Gasteiger partial charge in [-0.25, -0.2) is 9.59 Å². The molecule has 1 fully saturated rings. The van der Waals surface area contributed by atoms with E-state index in [9.17, 15) is 9.59 Å². The number of amides is 2. The highest BCUT2D eigenvalue weighted by atomic mass is 79.9. The highest BCUT2D eigenvalue weighted by molar-refractivity contribution is 9.10. The fraction of sp³-hybridized carbons (Fsp3) is 0.429. The zero-order valence-corrected chi connectivity index (χ0v) is 13.6. The lowest BCUT2D eigenvalue weighted by Crippen LogP contribution is -2.53. The molecular formula is C14H18BrN3O3. The van der Waals surface area contributed by atoms with E-state index in [1.54, 1.807) is 11.0 Å². The minimum Gasteiger partial charge on any atom is -0.478 e. The molecule has 1 unspecified atom stereocenters. The van der Waals surface area contributed by atoms with Crippen LogP contribution in [0, 0.1) is 0 Å². The number of benzene rings is 1. The van der Waals surface area contributed by atoms with Crippen molar-refractivity contribution in [1.82, 2.24) is 9.80 Å². The van der Waals surface area contributed by atoms with Crippen LogP contribution >= 0.6 is 15.9 Å². The largest absolute Gasteiger partial charge is 0.478 e. The van der Waals surface area contributed by atoms with Crippen LogP contribution in [-0.4, -0.2) is 59.6 Å². The van der Waals surface area contributed by atoms with Crippen LogP contribution in [0.25, 0.3) is 0 Å². The Morgan fingerprint density at radius 2 is 2.10 bits per heavy atom. The Morgan fingerprint density at radius 3 is 2.67 bits per heavy atom. The Hall–Kier alpha value is -1.60. The summed E-state index contributed by atoms with van der Waals surface area (Å²) in [6.07, 6.45) is 0. The first-order valence-electron chi connectivity index (χ1n) is 6.67. The summed E-state index contributed by atoms with van der Waals surface area (Å²) in [5.74, 6) is -0.999. The molecule has 0 aliphatic carbocycles. The first-order valence-corrected chi connectivity index (χ1v) is 7.47. The van der Waals surface area contributed by atoms with Crippen molar-refractivity contribution in [3.63, 3.8) is 0 Å². The highest BCUT2D eigenvalue weighted by Gasteiger charge is 2.26. The molecule has 1 aromatic carbocycles. The number of likely N-dealkylation sites (N-methyl/N-ethyl adjacent to an activating group) is 1. The van der Waals surface area contributed by atoms with Gasteiger partial charge in [-0.3, -0.25) is 0 Å². The Bertz CT molecular complexity index is 564. The third-order valence-electron chi connectivity index (χ3n) is 3.55. The zero-order valence-electron chi connectivity index (χ0n) is 12.0. The summed E-state index contributed by atoms with van der Waals surface area (Å²) in [6, 6.07) is 4.51. The molecule has 114 valence electrons. The SMILES string of the molecule is CC1CN(C)CCN1C(=O)Nc1ccc(C(=O)O)cc1Br. The number of nitrogens with one attached hydrogen (secondary N) is 1. The van der Waals surface area contributed by atoms with Crippen molar-refractivity contribution >= 4 is 33.6 Å². The second kappa shape index (κ2) is 6.44. The van der Waals surface area contributed by atoms with E-state index in [-0.39, 0.29) is 17.6 Å². The molecular weight excluding hydrogens is 338 g/mol. The van der Waals surface area contributed by atoms with Crippen LogP contribution in [0.1, 0.15) is 17.3 Å². The molecule has 2 N–H and O–H groups in total. The Morgan fingerprint density at radius 1 is 1.38 bits per heavy atom. The standard InChI is InChI=1S/C14H18BrN3O3/c1-9-8-17(2)5-6-18(9)14(21)16-12-4-3-10(13(19)20)7-11(12)15/h3-4,7,9H,5-6,8H2,1-2H3,(H,16,21)(H,19,20). The predicted molar refractivity (Wildman–Crippen MR) is 83.8 cm³/mol. The second-order valence-electron chi connectivity index (χ2n) is 5.23. The summed E-state index contributed by atoms with van der Waals surface area (Å²) in [5.41, 5.74) is 0.740. The van der Waals surface area contributed by atoms with Crippen molar-refractivity contribution in [3.8, 4) is 0 Å². The fourth-order valence-electron chi connectivity index (χ4n) is 2.38. The molecule has 1 heterocycles. The number of carbonyl (C=O) groups excluding carboxylic acids is 1. The molecule has 0 spiro atoms. The molecule has 1 aromatic rings. The van der Waals surface area contributed by atoms with E-state index >= 15 is 0 Å². The normalized spacial score (nSPS) is 19.4. The average Bonchev–Trinajstić information content (AvgIpc) is 2.40. The number of urea groups is 1. The molecule has 21 heavy (non-hydrogen) atoms. The van der Waals surface area contributed by atoms with Crippen molar-refractivity contribution in [3.05, 3.63) is 28.2 Å². The van der Waals surface area contributed by atoms with Crippen LogP contribution in [0.2, 0.25) is 0 Å². The number of aromatic carboxylic acids is 1. The summed E-state index contributed by atoms with van der Waals surface area (Å²) < 4.78 is 0.553. The summed E-state index contributed by atoms with van der Waals surface area (Å²) in [5, 5.41) is 11.7. The Balaban J connectivity index is 2.07. The minimum atomic E-state index is -0.999. The third kappa shape index (κ3) is 3.74. The lowest BCUT2D eigenvalue weighted by molar-refractivity contribution is 0.0697. The molecule has 1 aliphatic rings.